The lowest BCUT2D eigenvalue weighted by molar-refractivity contribution is 0.0696. The van der Waals surface area contributed by atoms with Crippen molar-refractivity contribution in [1.82, 2.24) is 4.90 Å². The summed E-state index contributed by atoms with van der Waals surface area (Å²) in [5.74, 6) is -1.34. The fourth-order valence-electron chi connectivity index (χ4n) is 2.75. The first kappa shape index (κ1) is 14.0. The average molecular weight is 265 g/mol. The van der Waals surface area contributed by atoms with Crippen molar-refractivity contribution in [1.29, 1.82) is 0 Å². The van der Waals surface area contributed by atoms with E-state index in [0.29, 0.717) is 12.1 Å². The highest BCUT2D eigenvalue weighted by Gasteiger charge is 2.26. The van der Waals surface area contributed by atoms with Crippen LogP contribution in [0.5, 0.6) is 0 Å². The first-order valence-corrected chi connectivity index (χ1v) is 6.61. The summed E-state index contributed by atoms with van der Waals surface area (Å²) in [6.45, 7) is 6.77. The minimum Gasteiger partial charge on any atom is -0.478 e. The Balaban J connectivity index is 2.14. The summed E-state index contributed by atoms with van der Waals surface area (Å²) in [7, 11) is 0. The highest BCUT2D eigenvalue weighted by molar-refractivity contribution is 5.87. The number of halogens is 1. The monoisotopic (exact) mass is 265 g/mol. The van der Waals surface area contributed by atoms with Gasteiger partial charge in [0.15, 0.2) is 0 Å². The molecule has 0 bridgehead atoms. The van der Waals surface area contributed by atoms with Gasteiger partial charge in [-0.15, -0.1) is 0 Å². The summed E-state index contributed by atoms with van der Waals surface area (Å²) in [6, 6.07) is 3.99. The number of piperidine rings is 1. The van der Waals surface area contributed by atoms with E-state index >= 15 is 0 Å². The number of hydrogen-bond donors (Lipinski definition) is 1. The Hall–Kier alpha value is -1.42. The van der Waals surface area contributed by atoms with Crippen LogP contribution in [0.15, 0.2) is 18.2 Å². The number of benzene rings is 1. The Morgan fingerprint density at radius 1 is 1.47 bits per heavy atom. The summed E-state index contributed by atoms with van der Waals surface area (Å²) in [5.41, 5.74) is 0.865. The van der Waals surface area contributed by atoms with Gasteiger partial charge >= 0.3 is 5.97 Å². The largest absolute Gasteiger partial charge is 0.478 e. The van der Waals surface area contributed by atoms with Crippen molar-refractivity contribution in [2.75, 3.05) is 13.1 Å². The molecule has 0 aromatic heterocycles. The van der Waals surface area contributed by atoms with Crippen LogP contribution >= 0.6 is 0 Å². The fourth-order valence-corrected chi connectivity index (χ4v) is 2.75. The third-order valence-electron chi connectivity index (χ3n) is 3.67. The third-order valence-corrected chi connectivity index (χ3v) is 3.67. The molecule has 2 rings (SSSR count). The zero-order valence-electron chi connectivity index (χ0n) is 11.4. The maximum Gasteiger partial charge on any atom is 0.335 e. The number of likely N-dealkylation sites (tertiary alicyclic amines) is 1. The number of rotatable bonds is 3. The Labute approximate surface area is 113 Å². The second-order valence-electron chi connectivity index (χ2n) is 6.09. The first-order valence-electron chi connectivity index (χ1n) is 6.61. The van der Waals surface area contributed by atoms with Gasteiger partial charge in [0.1, 0.15) is 5.82 Å². The predicted octanol–water partition coefficient (Wildman–Crippen LogP) is 3.15. The van der Waals surface area contributed by atoms with Gasteiger partial charge in [0.2, 0.25) is 0 Å². The standard InChI is InChI=1S/C15H20FNO2/c1-15(2)6-3-7-17(10-15)9-12-8-11(14(18)19)4-5-13(12)16/h4-5,8H,3,6-7,9-10H2,1-2H3,(H,18,19). The Morgan fingerprint density at radius 3 is 2.84 bits per heavy atom. The molecule has 104 valence electrons. The zero-order valence-corrected chi connectivity index (χ0v) is 11.4. The molecular weight excluding hydrogens is 245 g/mol. The molecule has 1 aliphatic heterocycles. The maximum atomic E-state index is 13.8. The van der Waals surface area contributed by atoms with E-state index in [-0.39, 0.29) is 16.8 Å². The lowest BCUT2D eigenvalue weighted by Crippen LogP contribution is -2.39. The van der Waals surface area contributed by atoms with Crippen LogP contribution in [0, 0.1) is 11.2 Å². The lowest BCUT2D eigenvalue weighted by atomic mass is 9.84. The van der Waals surface area contributed by atoms with Crippen LogP contribution in [0.25, 0.3) is 0 Å². The normalized spacial score (nSPS) is 19.3. The van der Waals surface area contributed by atoms with Crippen molar-refractivity contribution < 1.29 is 14.3 Å². The maximum absolute atomic E-state index is 13.8. The van der Waals surface area contributed by atoms with Gasteiger partial charge < -0.3 is 5.11 Å². The molecule has 0 spiro atoms. The molecule has 1 N–H and O–H groups in total. The lowest BCUT2D eigenvalue weighted by Gasteiger charge is -2.38. The van der Waals surface area contributed by atoms with E-state index in [1.54, 1.807) is 0 Å². The highest BCUT2D eigenvalue weighted by Crippen LogP contribution is 2.29. The van der Waals surface area contributed by atoms with Crippen LogP contribution < -0.4 is 0 Å². The molecule has 0 amide bonds. The fraction of sp³-hybridized carbons (Fsp3) is 0.533. The first-order chi connectivity index (χ1) is 8.87. The zero-order chi connectivity index (χ0) is 14.0. The van der Waals surface area contributed by atoms with Crippen LogP contribution in [-0.2, 0) is 6.54 Å². The predicted molar refractivity (Wildman–Crippen MR) is 71.7 cm³/mol. The smallest absolute Gasteiger partial charge is 0.335 e. The van der Waals surface area contributed by atoms with Gasteiger partial charge in [0.05, 0.1) is 5.56 Å². The topological polar surface area (TPSA) is 40.5 Å². The van der Waals surface area contributed by atoms with Crippen LogP contribution in [0.2, 0.25) is 0 Å². The number of carboxylic acids is 1. The molecule has 1 fully saturated rings. The van der Waals surface area contributed by atoms with E-state index in [2.05, 4.69) is 18.7 Å². The minimum absolute atomic E-state index is 0.146. The van der Waals surface area contributed by atoms with E-state index in [9.17, 15) is 9.18 Å². The molecular formula is C15H20FNO2. The Kier molecular flexibility index (Phi) is 3.90. The quantitative estimate of drug-likeness (QED) is 0.912. The van der Waals surface area contributed by atoms with Gasteiger partial charge in [-0.3, -0.25) is 4.90 Å². The van der Waals surface area contributed by atoms with E-state index in [1.165, 1.54) is 24.6 Å². The number of nitrogens with zero attached hydrogens (tertiary/aromatic N) is 1. The van der Waals surface area contributed by atoms with Gasteiger partial charge in [-0.2, -0.15) is 0 Å². The minimum atomic E-state index is -1.01. The molecule has 0 atom stereocenters. The summed E-state index contributed by atoms with van der Waals surface area (Å²) >= 11 is 0. The van der Waals surface area contributed by atoms with E-state index in [0.717, 1.165) is 19.5 Å². The van der Waals surface area contributed by atoms with Gasteiger partial charge in [0, 0.05) is 18.7 Å². The molecule has 0 radical (unpaired) electrons. The van der Waals surface area contributed by atoms with Gasteiger partial charge in [-0.05, 0) is 43.0 Å². The summed E-state index contributed by atoms with van der Waals surface area (Å²) in [4.78, 5) is 13.1. The van der Waals surface area contributed by atoms with Crippen LogP contribution in [0.3, 0.4) is 0 Å². The van der Waals surface area contributed by atoms with E-state index in [4.69, 9.17) is 5.11 Å². The number of aromatic carboxylic acids is 1. The Bertz CT molecular complexity index is 485. The molecule has 1 aromatic carbocycles. The number of carboxylic acid groups (broad SMARTS) is 1. The summed E-state index contributed by atoms with van der Waals surface area (Å²) in [6.07, 6.45) is 2.29. The van der Waals surface area contributed by atoms with Gasteiger partial charge in [-0.1, -0.05) is 13.8 Å². The molecule has 1 aliphatic rings. The molecule has 1 aromatic rings. The highest BCUT2D eigenvalue weighted by atomic mass is 19.1. The second kappa shape index (κ2) is 5.29. The summed E-state index contributed by atoms with van der Waals surface area (Å²) in [5, 5.41) is 8.95. The Morgan fingerprint density at radius 2 is 2.21 bits per heavy atom. The van der Waals surface area contributed by atoms with Crippen molar-refractivity contribution in [2.24, 2.45) is 5.41 Å². The van der Waals surface area contributed by atoms with E-state index in [1.807, 2.05) is 0 Å². The van der Waals surface area contributed by atoms with Crippen molar-refractivity contribution in [3.05, 3.63) is 35.1 Å². The molecule has 0 saturated carbocycles. The van der Waals surface area contributed by atoms with E-state index < -0.39 is 5.97 Å². The molecule has 0 aliphatic carbocycles. The van der Waals surface area contributed by atoms with Gasteiger partial charge in [0.25, 0.3) is 0 Å². The molecule has 1 heterocycles. The summed E-state index contributed by atoms with van der Waals surface area (Å²) < 4.78 is 13.8. The van der Waals surface area contributed by atoms with Crippen molar-refractivity contribution in [3.63, 3.8) is 0 Å². The van der Waals surface area contributed by atoms with Crippen LogP contribution in [-0.4, -0.2) is 29.1 Å². The SMILES string of the molecule is CC1(C)CCCN(Cc2cc(C(=O)O)ccc2F)C1. The molecule has 0 unspecified atom stereocenters. The van der Waals surface area contributed by atoms with Gasteiger partial charge in [-0.25, -0.2) is 9.18 Å². The van der Waals surface area contributed by atoms with Crippen molar-refractivity contribution >= 4 is 5.97 Å². The molecule has 19 heavy (non-hydrogen) atoms. The number of carbonyl (C=O) groups is 1. The van der Waals surface area contributed by atoms with Crippen molar-refractivity contribution in [2.45, 2.75) is 33.2 Å². The average Bonchev–Trinajstić information content (AvgIpc) is 2.30. The molecule has 4 heteroatoms. The van der Waals surface area contributed by atoms with Crippen molar-refractivity contribution in [3.8, 4) is 0 Å². The number of hydrogen-bond acceptors (Lipinski definition) is 2. The van der Waals surface area contributed by atoms with Crippen LogP contribution in [0.1, 0.15) is 42.6 Å². The molecule has 3 nitrogen and oxygen atoms in total. The second-order valence-corrected chi connectivity index (χ2v) is 6.09. The third kappa shape index (κ3) is 3.53. The van der Waals surface area contributed by atoms with Crippen LogP contribution in [0.4, 0.5) is 4.39 Å². The molecule has 1 saturated heterocycles.